The topological polar surface area (TPSA) is 72.1 Å². The molecular weight excluding hydrogens is 304 g/mol. The summed E-state index contributed by atoms with van der Waals surface area (Å²) in [4.78, 5) is 23.0. The number of hydrogen-bond acceptors (Lipinski definition) is 5. The first-order valence-corrected chi connectivity index (χ1v) is 7.93. The predicted octanol–water partition coefficient (Wildman–Crippen LogP) is 3.11. The summed E-state index contributed by atoms with van der Waals surface area (Å²) >= 11 is 0. The molecule has 1 amide bonds. The van der Waals surface area contributed by atoms with Crippen molar-refractivity contribution in [1.29, 1.82) is 0 Å². The molecule has 0 radical (unpaired) electrons. The zero-order valence-corrected chi connectivity index (χ0v) is 13.0. The van der Waals surface area contributed by atoms with Crippen LogP contribution in [0, 0.1) is 0 Å². The fourth-order valence-electron chi connectivity index (χ4n) is 3.00. The molecule has 24 heavy (non-hydrogen) atoms. The summed E-state index contributed by atoms with van der Waals surface area (Å²) in [7, 11) is 0. The molecule has 0 spiro atoms. The van der Waals surface area contributed by atoms with E-state index in [1.807, 2.05) is 30.3 Å². The average molecular weight is 320 g/mol. The van der Waals surface area contributed by atoms with Gasteiger partial charge in [0.15, 0.2) is 0 Å². The van der Waals surface area contributed by atoms with Crippen molar-refractivity contribution in [2.75, 3.05) is 6.54 Å². The van der Waals surface area contributed by atoms with Gasteiger partial charge in [-0.1, -0.05) is 35.5 Å². The summed E-state index contributed by atoms with van der Waals surface area (Å²) in [5.41, 5.74) is 1.53. The largest absolute Gasteiger partial charge is 0.337 e. The molecule has 3 heterocycles. The van der Waals surface area contributed by atoms with Crippen molar-refractivity contribution in [2.24, 2.45) is 0 Å². The Bertz CT molecular complexity index is 832. The van der Waals surface area contributed by atoms with Gasteiger partial charge in [0.2, 0.25) is 11.7 Å². The van der Waals surface area contributed by atoms with Crippen LogP contribution in [-0.4, -0.2) is 32.5 Å². The molecule has 2 aromatic heterocycles. The summed E-state index contributed by atoms with van der Waals surface area (Å²) in [5.74, 6) is 1.02. The van der Waals surface area contributed by atoms with Gasteiger partial charge in [0.1, 0.15) is 6.04 Å². The van der Waals surface area contributed by atoms with Crippen LogP contribution in [0.2, 0.25) is 0 Å². The number of amides is 1. The standard InChI is InChI=1S/C18H16N4O2/c23-18(14-8-10-19-11-9-14)22-12-4-7-15(22)17-20-16(21-24-17)13-5-2-1-3-6-13/h1-3,5-6,8-11,15H,4,7,12H2. The lowest BCUT2D eigenvalue weighted by Gasteiger charge is -2.21. The summed E-state index contributed by atoms with van der Waals surface area (Å²) in [6.07, 6.45) is 4.99. The minimum atomic E-state index is -0.171. The van der Waals surface area contributed by atoms with E-state index in [2.05, 4.69) is 15.1 Å². The summed E-state index contributed by atoms with van der Waals surface area (Å²) in [6.45, 7) is 0.689. The van der Waals surface area contributed by atoms with Crippen molar-refractivity contribution in [3.63, 3.8) is 0 Å². The highest BCUT2D eigenvalue weighted by atomic mass is 16.5. The number of hydrogen-bond donors (Lipinski definition) is 0. The normalized spacial score (nSPS) is 17.2. The van der Waals surface area contributed by atoms with Crippen molar-refractivity contribution in [2.45, 2.75) is 18.9 Å². The number of carbonyl (C=O) groups excluding carboxylic acids is 1. The zero-order chi connectivity index (χ0) is 16.4. The van der Waals surface area contributed by atoms with E-state index in [4.69, 9.17) is 4.52 Å². The van der Waals surface area contributed by atoms with Gasteiger partial charge < -0.3 is 9.42 Å². The van der Waals surface area contributed by atoms with Gasteiger partial charge in [0.05, 0.1) is 0 Å². The van der Waals surface area contributed by atoms with E-state index in [1.54, 1.807) is 29.4 Å². The molecule has 0 bridgehead atoms. The fourth-order valence-corrected chi connectivity index (χ4v) is 3.00. The Hall–Kier alpha value is -3.02. The molecule has 0 saturated carbocycles. The van der Waals surface area contributed by atoms with Gasteiger partial charge in [0, 0.05) is 30.1 Å². The monoisotopic (exact) mass is 320 g/mol. The minimum absolute atomic E-state index is 0.0284. The van der Waals surface area contributed by atoms with E-state index in [0.29, 0.717) is 23.8 Å². The van der Waals surface area contributed by atoms with Crippen LogP contribution in [0.15, 0.2) is 59.4 Å². The second-order valence-electron chi connectivity index (χ2n) is 5.71. The third-order valence-electron chi connectivity index (χ3n) is 4.20. The molecule has 1 saturated heterocycles. The van der Waals surface area contributed by atoms with Crippen LogP contribution in [-0.2, 0) is 0 Å². The Morgan fingerprint density at radius 3 is 2.71 bits per heavy atom. The van der Waals surface area contributed by atoms with Crippen LogP contribution in [0.5, 0.6) is 0 Å². The first-order chi connectivity index (χ1) is 11.8. The van der Waals surface area contributed by atoms with Gasteiger partial charge in [-0.2, -0.15) is 4.98 Å². The lowest BCUT2D eigenvalue weighted by molar-refractivity contribution is 0.0710. The fraction of sp³-hybridized carbons (Fsp3) is 0.222. The molecule has 0 N–H and O–H groups in total. The van der Waals surface area contributed by atoms with Crippen molar-refractivity contribution in [1.82, 2.24) is 20.0 Å². The molecule has 1 atom stereocenters. The lowest BCUT2D eigenvalue weighted by Crippen LogP contribution is -2.30. The number of rotatable bonds is 3. The Kier molecular flexibility index (Phi) is 3.78. The maximum atomic E-state index is 12.7. The first-order valence-electron chi connectivity index (χ1n) is 7.93. The minimum Gasteiger partial charge on any atom is -0.337 e. The van der Waals surface area contributed by atoms with Crippen LogP contribution in [0.1, 0.15) is 35.1 Å². The molecule has 0 aliphatic carbocycles. The van der Waals surface area contributed by atoms with Gasteiger partial charge >= 0.3 is 0 Å². The molecule has 6 heteroatoms. The van der Waals surface area contributed by atoms with Gasteiger partial charge in [-0.05, 0) is 25.0 Å². The SMILES string of the molecule is O=C(c1ccncc1)N1CCCC1c1nc(-c2ccccc2)no1. The summed E-state index contributed by atoms with van der Waals surface area (Å²) in [5, 5.41) is 4.06. The number of nitrogens with zero attached hydrogens (tertiary/aromatic N) is 4. The summed E-state index contributed by atoms with van der Waals surface area (Å²) < 4.78 is 5.45. The van der Waals surface area contributed by atoms with Crippen molar-refractivity contribution in [3.05, 3.63) is 66.3 Å². The molecule has 120 valence electrons. The number of aromatic nitrogens is 3. The Balaban J connectivity index is 1.60. The predicted molar refractivity (Wildman–Crippen MR) is 87.0 cm³/mol. The van der Waals surface area contributed by atoms with E-state index in [9.17, 15) is 4.79 Å². The number of pyridine rings is 1. The molecule has 3 aromatic rings. The number of benzene rings is 1. The van der Waals surface area contributed by atoms with Gasteiger partial charge in [-0.15, -0.1) is 0 Å². The quantitative estimate of drug-likeness (QED) is 0.741. The Labute approximate surface area is 139 Å². The average Bonchev–Trinajstić information content (AvgIpc) is 3.32. The number of likely N-dealkylation sites (tertiary alicyclic amines) is 1. The zero-order valence-electron chi connectivity index (χ0n) is 13.0. The van der Waals surface area contributed by atoms with E-state index in [1.165, 1.54) is 0 Å². The van der Waals surface area contributed by atoms with Crippen LogP contribution in [0.3, 0.4) is 0 Å². The molecule has 1 aromatic carbocycles. The smallest absolute Gasteiger partial charge is 0.254 e. The second-order valence-corrected chi connectivity index (χ2v) is 5.71. The molecule has 1 aliphatic rings. The third kappa shape index (κ3) is 2.67. The highest BCUT2D eigenvalue weighted by Gasteiger charge is 2.34. The van der Waals surface area contributed by atoms with Gasteiger partial charge in [-0.25, -0.2) is 0 Å². The molecule has 1 aliphatic heterocycles. The Morgan fingerprint density at radius 2 is 1.92 bits per heavy atom. The van der Waals surface area contributed by atoms with E-state index >= 15 is 0 Å². The van der Waals surface area contributed by atoms with E-state index in [0.717, 1.165) is 18.4 Å². The van der Waals surface area contributed by atoms with Crippen molar-refractivity contribution >= 4 is 5.91 Å². The molecular formula is C18H16N4O2. The van der Waals surface area contributed by atoms with E-state index in [-0.39, 0.29) is 11.9 Å². The van der Waals surface area contributed by atoms with Crippen LogP contribution >= 0.6 is 0 Å². The van der Waals surface area contributed by atoms with Crippen molar-refractivity contribution in [3.8, 4) is 11.4 Å². The van der Waals surface area contributed by atoms with Crippen LogP contribution in [0.25, 0.3) is 11.4 Å². The van der Waals surface area contributed by atoms with Gasteiger partial charge in [-0.3, -0.25) is 9.78 Å². The van der Waals surface area contributed by atoms with Crippen LogP contribution in [0.4, 0.5) is 0 Å². The third-order valence-corrected chi connectivity index (χ3v) is 4.20. The van der Waals surface area contributed by atoms with Crippen LogP contribution < -0.4 is 0 Å². The first kappa shape index (κ1) is 14.6. The van der Waals surface area contributed by atoms with Gasteiger partial charge in [0.25, 0.3) is 5.91 Å². The highest BCUT2D eigenvalue weighted by Crippen LogP contribution is 2.33. The number of carbonyl (C=O) groups is 1. The molecule has 1 unspecified atom stereocenters. The van der Waals surface area contributed by atoms with E-state index < -0.39 is 0 Å². The molecule has 4 rings (SSSR count). The van der Waals surface area contributed by atoms with Crippen molar-refractivity contribution < 1.29 is 9.32 Å². The molecule has 1 fully saturated rings. The summed E-state index contributed by atoms with van der Waals surface area (Å²) in [6, 6.07) is 12.9. The maximum absolute atomic E-state index is 12.7. The molecule has 6 nitrogen and oxygen atoms in total. The maximum Gasteiger partial charge on any atom is 0.254 e. The lowest BCUT2D eigenvalue weighted by atomic mass is 10.2. The highest BCUT2D eigenvalue weighted by molar-refractivity contribution is 5.94. The second kappa shape index (κ2) is 6.23. The Morgan fingerprint density at radius 1 is 1.12 bits per heavy atom.